The number of aromatic nitrogens is 2. The SMILES string of the molecule is CCNc1nc(C2CCC2)nc2c1CCCCC2. The molecule has 1 saturated carbocycles. The van der Waals surface area contributed by atoms with E-state index in [1.165, 1.54) is 49.8 Å². The summed E-state index contributed by atoms with van der Waals surface area (Å²) in [6.07, 6.45) is 10.1. The molecular weight excluding hydrogens is 222 g/mol. The van der Waals surface area contributed by atoms with Crippen LogP contribution < -0.4 is 5.32 Å². The molecule has 0 saturated heterocycles. The monoisotopic (exact) mass is 245 g/mol. The molecule has 1 N–H and O–H groups in total. The summed E-state index contributed by atoms with van der Waals surface area (Å²) in [5.41, 5.74) is 2.73. The number of fused-ring (bicyclic) bond motifs is 1. The van der Waals surface area contributed by atoms with Crippen molar-refractivity contribution in [3.05, 3.63) is 17.1 Å². The van der Waals surface area contributed by atoms with Crippen LogP contribution >= 0.6 is 0 Å². The van der Waals surface area contributed by atoms with E-state index in [9.17, 15) is 0 Å². The molecule has 3 rings (SSSR count). The lowest BCUT2D eigenvalue weighted by Crippen LogP contribution is -2.17. The number of anilines is 1. The molecule has 18 heavy (non-hydrogen) atoms. The zero-order valence-corrected chi connectivity index (χ0v) is 11.3. The first-order chi connectivity index (χ1) is 8.88. The Balaban J connectivity index is 1.98. The van der Waals surface area contributed by atoms with Gasteiger partial charge in [-0.2, -0.15) is 0 Å². The molecule has 3 nitrogen and oxygen atoms in total. The summed E-state index contributed by atoms with van der Waals surface area (Å²) in [4.78, 5) is 9.70. The van der Waals surface area contributed by atoms with E-state index in [0.717, 1.165) is 31.0 Å². The molecule has 2 aliphatic rings. The zero-order valence-electron chi connectivity index (χ0n) is 11.3. The Bertz CT molecular complexity index is 424. The van der Waals surface area contributed by atoms with Crippen LogP contribution in [0.2, 0.25) is 0 Å². The van der Waals surface area contributed by atoms with Gasteiger partial charge in [-0.05, 0) is 45.4 Å². The quantitative estimate of drug-likeness (QED) is 0.829. The molecule has 0 atom stereocenters. The highest BCUT2D eigenvalue weighted by Gasteiger charge is 2.25. The van der Waals surface area contributed by atoms with Gasteiger partial charge in [-0.1, -0.05) is 12.8 Å². The van der Waals surface area contributed by atoms with Gasteiger partial charge in [-0.15, -0.1) is 0 Å². The van der Waals surface area contributed by atoms with E-state index in [4.69, 9.17) is 9.97 Å². The minimum atomic E-state index is 0.635. The van der Waals surface area contributed by atoms with Crippen LogP contribution in [0.25, 0.3) is 0 Å². The van der Waals surface area contributed by atoms with Gasteiger partial charge in [-0.25, -0.2) is 9.97 Å². The summed E-state index contributed by atoms with van der Waals surface area (Å²) < 4.78 is 0. The Morgan fingerprint density at radius 2 is 1.89 bits per heavy atom. The normalized spacial score (nSPS) is 19.8. The van der Waals surface area contributed by atoms with Crippen molar-refractivity contribution in [2.24, 2.45) is 0 Å². The molecule has 0 spiro atoms. The Labute approximate surface area is 109 Å². The van der Waals surface area contributed by atoms with E-state index in [1.54, 1.807) is 0 Å². The average molecular weight is 245 g/mol. The minimum absolute atomic E-state index is 0.635. The third-order valence-corrected chi connectivity index (χ3v) is 4.26. The van der Waals surface area contributed by atoms with Crippen molar-refractivity contribution in [3.63, 3.8) is 0 Å². The topological polar surface area (TPSA) is 37.8 Å². The van der Waals surface area contributed by atoms with Crippen LogP contribution in [-0.2, 0) is 12.8 Å². The fourth-order valence-electron chi connectivity index (χ4n) is 2.95. The molecule has 0 aromatic carbocycles. The van der Waals surface area contributed by atoms with Crippen LogP contribution in [0.4, 0.5) is 5.82 Å². The molecule has 98 valence electrons. The van der Waals surface area contributed by atoms with E-state index >= 15 is 0 Å². The van der Waals surface area contributed by atoms with Crippen LogP contribution in [-0.4, -0.2) is 16.5 Å². The van der Waals surface area contributed by atoms with Gasteiger partial charge in [-0.3, -0.25) is 0 Å². The number of nitrogens with one attached hydrogen (secondary N) is 1. The minimum Gasteiger partial charge on any atom is -0.370 e. The van der Waals surface area contributed by atoms with Gasteiger partial charge < -0.3 is 5.32 Å². The molecule has 3 heteroatoms. The fraction of sp³-hybridized carbons (Fsp3) is 0.733. The maximum absolute atomic E-state index is 4.89. The third kappa shape index (κ3) is 2.23. The first-order valence-electron chi connectivity index (χ1n) is 7.52. The predicted octanol–water partition coefficient (Wildman–Crippen LogP) is 3.44. The highest BCUT2D eigenvalue weighted by atomic mass is 15.0. The third-order valence-electron chi connectivity index (χ3n) is 4.26. The zero-order chi connectivity index (χ0) is 12.4. The van der Waals surface area contributed by atoms with Crippen molar-refractivity contribution >= 4 is 5.82 Å². The lowest BCUT2D eigenvalue weighted by molar-refractivity contribution is 0.400. The molecule has 0 amide bonds. The van der Waals surface area contributed by atoms with Crippen LogP contribution in [0.3, 0.4) is 0 Å². The maximum Gasteiger partial charge on any atom is 0.134 e. The number of rotatable bonds is 3. The number of hydrogen-bond acceptors (Lipinski definition) is 3. The Morgan fingerprint density at radius 3 is 2.61 bits per heavy atom. The lowest BCUT2D eigenvalue weighted by atomic mass is 9.84. The molecule has 1 aromatic heterocycles. The second-order valence-electron chi connectivity index (χ2n) is 5.57. The Hall–Kier alpha value is -1.12. The van der Waals surface area contributed by atoms with Gasteiger partial charge in [0.05, 0.1) is 0 Å². The van der Waals surface area contributed by atoms with E-state index in [0.29, 0.717) is 5.92 Å². The largest absolute Gasteiger partial charge is 0.370 e. The van der Waals surface area contributed by atoms with Gasteiger partial charge in [0.1, 0.15) is 11.6 Å². The molecule has 0 aliphatic heterocycles. The second kappa shape index (κ2) is 5.25. The van der Waals surface area contributed by atoms with Crippen LogP contribution in [0.1, 0.15) is 68.4 Å². The van der Waals surface area contributed by atoms with E-state index < -0.39 is 0 Å². The molecule has 0 bridgehead atoms. The van der Waals surface area contributed by atoms with Gasteiger partial charge in [0.15, 0.2) is 0 Å². The summed E-state index contributed by atoms with van der Waals surface area (Å²) in [5.74, 6) is 2.88. The van der Waals surface area contributed by atoms with Crippen molar-refractivity contribution < 1.29 is 0 Å². The van der Waals surface area contributed by atoms with Crippen molar-refractivity contribution in [1.82, 2.24) is 9.97 Å². The molecule has 0 radical (unpaired) electrons. The summed E-state index contributed by atoms with van der Waals surface area (Å²) in [7, 11) is 0. The molecule has 1 heterocycles. The van der Waals surface area contributed by atoms with Crippen molar-refractivity contribution in [3.8, 4) is 0 Å². The van der Waals surface area contributed by atoms with E-state index in [1.807, 2.05) is 0 Å². The summed E-state index contributed by atoms with van der Waals surface area (Å²) >= 11 is 0. The lowest BCUT2D eigenvalue weighted by Gasteiger charge is -2.25. The van der Waals surface area contributed by atoms with Crippen LogP contribution in [0.15, 0.2) is 0 Å². The Kier molecular flexibility index (Phi) is 3.48. The number of aryl methyl sites for hydroxylation is 1. The van der Waals surface area contributed by atoms with Crippen LogP contribution in [0.5, 0.6) is 0 Å². The van der Waals surface area contributed by atoms with Crippen molar-refractivity contribution in [2.75, 3.05) is 11.9 Å². The number of hydrogen-bond donors (Lipinski definition) is 1. The standard InChI is InChI=1S/C15H23N3/c1-2-16-15-12-9-4-3-5-10-13(12)17-14(18-15)11-7-6-8-11/h11H,2-10H2,1H3,(H,16,17,18). The van der Waals surface area contributed by atoms with E-state index in [2.05, 4.69) is 12.2 Å². The Morgan fingerprint density at radius 1 is 1.06 bits per heavy atom. The highest BCUT2D eigenvalue weighted by molar-refractivity contribution is 5.47. The second-order valence-corrected chi connectivity index (χ2v) is 5.57. The molecule has 1 fully saturated rings. The van der Waals surface area contributed by atoms with Gasteiger partial charge in [0, 0.05) is 23.7 Å². The molecule has 0 unspecified atom stereocenters. The summed E-state index contributed by atoms with van der Waals surface area (Å²) in [6.45, 7) is 3.10. The van der Waals surface area contributed by atoms with Crippen molar-refractivity contribution in [2.45, 2.75) is 64.2 Å². The summed E-state index contributed by atoms with van der Waals surface area (Å²) in [6, 6.07) is 0. The fourth-order valence-corrected chi connectivity index (χ4v) is 2.95. The van der Waals surface area contributed by atoms with Crippen molar-refractivity contribution in [1.29, 1.82) is 0 Å². The molecule has 2 aliphatic carbocycles. The predicted molar refractivity (Wildman–Crippen MR) is 74.0 cm³/mol. The molecular formula is C15H23N3. The highest BCUT2D eigenvalue weighted by Crippen LogP contribution is 2.36. The smallest absolute Gasteiger partial charge is 0.134 e. The first-order valence-corrected chi connectivity index (χ1v) is 7.52. The first kappa shape index (κ1) is 11.9. The maximum atomic E-state index is 4.89. The summed E-state index contributed by atoms with van der Waals surface area (Å²) in [5, 5.41) is 3.46. The molecule has 1 aromatic rings. The van der Waals surface area contributed by atoms with Gasteiger partial charge in [0.25, 0.3) is 0 Å². The van der Waals surface area contributed by atoms with Crippen LogP contribution in [0, 0.1) is 0 Å². The van der Waals surface area contributed by atoms with Gasteiger partial charge in [0.2, 0.25) is 0 Å². The van der Waals surface area contributed by atoms with E-state index in [-0.39, 0.29) is 0 Å². The average Bonchev–Trinajstić information content (AvgIpc) is 2.52. The number of nitrogens with zero attached hydrogens (tertiary/aromatic N) is 2. The van der Waals surface area contributed by atoms with Gasteiger partial charge >= 0.3 is 0 Å².